The van der Waals surface area contributed by atoms with Crippen LogP contribution in [0, 0.1) is 0 Å². The molecule has 1 fully saturated rings. The van der Waals surface area contributed by atoms with E-state index >= 15 is 0 Å². The van der Waals surface area contributed by atoms with Crippen LogP contribution in [0.25, 0.3) is 0 Å². The van der Waals surface area contributed by atoms with Crippen molar-refractivity contribution >= 4 is 39.8 Å². The van der Waals surface area contributed by atoms with E-state index in [1.54, 1.807) is 23.2 Å². The molecule has 1 aliphatic rings. The van der Waals surface area contributed by atoms with Crippen LogP contribution in [0.15, 0.2) is 41.1 Å². The van der Waals surface area contributed by atoms with Gasteiger partial charge in [0.1, 0.15) is 11.5 Å². The van der Waals surface area contributed by atoms with E-state index in [0.717, 1.165) is 10.9 Å². The molecular formula is C16H16BrN5O2. The fraction of sp³-hybridized carbons (Fsp3) is 0.250. The molecule has 8 heteroatoms. The van der Waals surface area contributed by atoms with Crippen LogP contribution in [-0.4, -0.2) is 53.4 Å². The van der Waals surface area contributed by atoms with Gasteiger partial charge in [0.05, 0.1) is 12.4 Å². The maximum absolute atomic E-state index is 12.2. The van der Waals surface area contributed by atoms with Gasteiger partial charge in [-0.05, 0) is 24.3 Å². The van der Waals surface area contributed by atoms with Crippen LogP contribution in [0.4, 0.5) is 11.5 Å². The molecule has 0 radical (unpaired) electrons. The number of benzene rings is 1. The van der Waals surface area contributed by atoms with Crippen molar-refractivity contribution in [3.63, 3.8) is 0 Å². The first-order valence-electron chi connectivity index (χ1n) is 7.49. The van der Waals surface area contributed by atoms with Crippen molar-refractivity contribution in [3.8, 4) is 0 Å². The van der Waals surface area contributed by atoms with Crippen molar-refractivity contribution in [2.24, 2.45) is 0 Å². The molecule has 2 heterocycles. The Balaban J connectivity index is 1.62. The zero-order valence-electron chi connectivity index (χ0n) is 12.9. The third-order valence-electron chi connectivity index (χ3n) is 3.76. The Labute approximate surface area is 147 Å². The van der Waals surface area contributed by atoms with Gasteiger partial charge in [-0.25, -0.2) is 9.97 Å². The van der Waals surface area contributed by atoms with Gasteiger partial charge in [-0.1, -0.05) is 15.9 Å². The van der Waals surface area contributed by atoms with Crippen LogP contribution >= 0.6 is 15.9 Å². The SMILES string of the molecule is O=CN1CCN(c2cnc(C(=O)Nc3ccc(Br)cc3)cn2)CC1. The predicted molar refractivity (Wildman–Crippen MR) is 94.0 cm³/mol. The number of halogens is 1. The molecule has 1 aromatic heterocycles. The lowest BCUT2D eigenvalue weighted by Crippen LogP contribution is -2.46. The van der Waals surface area contributed by atoms with E-state index in [2.05, 4.69) is 31.2 Å². The minimum absolute atomic E-state index is 0.258. The Morgan fingerprint density at radius 1 is 1.08 bits per heavy atom. The smallest absolute Gasteiger partial charge is 0.275 e. The summed E-state index contributed by atoms with van der Waals surface area (Å²) < 4.78 is 0.944. The van der Waals surface area contributed by atoms with Gasteiger partial charge >= 0.3 is 0 Å². The molecule has 3 rings (SSSR count). The molecule has 124 valence electrons. The van der Waals surface area contributed by atoms with Gasteiger partial charge in [0.2, 0.25) is 6.41 Å². The third-order valence-corrected chi connectivity index (χ3v) is 4.29. The maximum Gasteiger partial charge on any atom is 0.275 e. The first-order chi connectivity index (χ1) is 11.7. The summed E-state index contributed by atoms with van der Waals surface area (Å²) in [4.78, 5) is 35.2. The van der Waals surface area contributed by atoms with Gasteiger partial charge in [0.15, 0.2) is 0 Å². The second-order valence-electron chi connectivity index (χ2n) is 5.35. The molecule has 0 bridgehead atoms. The molecule has 0 atom stereocenters. The highest BCUT2D eigenvalue weighted by molar-refractivity contribution is 9.10. The maximum atomic E-state index is 12.2. The quantitative estimate of drug-likeness (QED) is 0.806. The van der Waals surface area contributed by atoms with Crippen LogP contribution in [0.2, 0.25) is 0 Å². The van der Waals surface area contributed by atoms with Gasteiger partial charge in [-0.2, -0.15) is 0 Å². The number of nitrogens with zero attached hydrogens (tertiary/aromatic N) is 4. The summed E-state index contributed by atoms with van der Waals surface area (Å²) in [6, 6.07) is 7.30. The van der Waals surface area contributed by atoms with Gasteiger partial charge in [-0.3, -0.25) is 9.59 Å². The summed E-state index contributed by atoms with van der Waals surface area (Å²) in [6.07, 6.45) is 3.92. The number of anilines is 2. The molecular weight excluding hydrogens is 374 g/mol. The normalized spacial score (nSPS) is 14.4. The zero-order chi connectivity index (χ0) is 16.9. The van der Waals surface area contributed by atoms with Crippen molar-refractivity contribution in [1.82, 2.24) is 14.9 Å². The lowest BCUT2D eigenvalue weighted by Gasteiger charge is -2.33. The van der Waals surface area contributed by atoms with E-state index in [9.17, 15) is 9.59 Å². The Hall–Kier alpha value is -2.48. The number of rotatable bonds is 4. The Morgan fingerprint density at radius 2 is 1.79 bits per heavy atom. The lowest BCUT2D eigenvalue weighted by molar-refractivity contribution is -0.118. The van der Waals surface area contributed by atoms with E-state index < -0.39 is 0 Å². The number of nitrogens with one attached hydrogen (secondary N) is 1. The summed E-state index contributed by atoms with van der Waals surface area (Å²) in [5.41, 5.74) is 0.951. The minimum Gasteiger partial charge on any atom is -0.352 e. The molecule has 1 aliphatic heterocycles. The molecule has 1 aromatic carbocycles. The van der Waals surface area contributed by atoms with Crippen LogP contribution < -0.4 is 10.2 Å². The van der Waals surface area contributed by atoms with Crippen molar-refractivity contribution in [1.29, 1.82) is 0 Å². The number of aromatic nitrogens is 2. The van der Waals surface area contributed by atoms with Gasteiger partial charge in [0.25, 0.3) is 5.91 Å². The summed E-state index contributed by atoms with van der Waals surface area (Å²) in [7, 11) is 0. The molecule has 2 aromatic rings. The predicted octanol–water partition coefficient (Wildman–Crippen LogP) is 1.77. The standard InChI is InChI=1S/C16H16BrN5O2/c17-12-1-3-13(4-2-12)20-16(24)14-9-19-15(10-18-14)22-7-5-21(11-23)6-8-22/h1-4,9-11H,5-8H2,(H,20,24). The average molecular weight is 390 g/mol. The molecule has 1 N–H and O–H groups in total. The summed E-state index contributed by atoms with van der Waals surface area (Å²) in [5.74, 6) is 0.405. The topological polar surface area (TPSA) is 78.4 Å². The number of hydrogen-bond acceptors (Lipinski definition) is 5. The number of piperazine rings is 1. The Kier molecular flexibility index (Phi) is 5.05. The van der Waals surface area contributed by atoms with Crippen LogP contribution in [0.1, 0.15) is 10.5 Å². The van der Waals surface area contributed by atoms with Crippen LogP contribution in [-0.2, 0) is 4.79 Å². The summed E-state index contributed by atoms with van der Waals surface area (Å²) >= 11 is 3.35. The van der Waals surface area contributed by atoms with E-state index in [1.165, 1.54) is 6.20 Å². The molecule has 0 aliphatic carbocycles. The lowest BCUT2D eigenvalue weighted by atomic mass is 10.3. The number of carbonyl (C=O) groups is 2. The first kappa shape index (κ1) is 16.4. The van der Waals surface area contributed by atoms with E-state index in [-0.39, 0.29) is 11.6 Å². The third kappa shape index (κ3) is 3.88. The van der Waals surface area contributed by atoms with Crippen LogP contribution in [0.5, 0.6) is 0 Å². The molecule has 0 saturated carbocycles. The Bertz CT molecular complexity index is 712. The second-order valence-corrected chi connectivity index (χ2v) is 6.26. The highest BCUT2D eigenvalue weighted by atomic mass is 79.9. The van der Waals surface area contributed by atoms with Crippen molar-refractivity contribution in [2.45, 2.75) is 0 Å². The Morgan fingerprint density at radius 3 is 2.38 bits per heavy atom. The number of hydrogen-bond donors (Lipinski definition) is 1. The highest BCUT2D eigenvalue weighted by Gasteiger charge is 2.17. The minimum atomic E-state index is -0.304. The van der Waals surface area contributed by atoms with E-state index in [0.29, 0.717) is 37.7 Å². The van der Waals surface area contributed by atoms with Crippen LogP contribution in [0.3, 0.4) is 0 Å². The molecule has 7 nitrogen and oxygen atoms in total. The average Bonchev–Trinajstić information content (AvgIpc) is 2.64. The number of amides is 2. The molecule has 0 unspecified atom stereocenters. The summed E-state index contributed by atoms with van der Waals surface area (Å²) in [5, 5.41) is 2.78. The molecule has 0 spiro atoms. The molecule has 24 heavy (non-hydrogen) atoms. The van der Waals surface area contributed by atoms with E-state index in [1.807, 2.05) is 17.0 Å². The fourth-order valence-corrected chi connectivity index (χ4v) is 2.65. The van der Waals surface area contributed by atoms with Crippen molar-refractivity contribution < 1.29 is 9.59 Å². The molecule has 1 saturated heterocycles. The van der Waals surface area contributed by atoms with E-state index in [4.69, 9.17) is 0 Å². The second kappa shape index (κ2) is 7.39. The number of carbonyl (C=O) groups excluding carboxylic acids is 2. The first-order valence-corrected chi connectivity index (χ1v) is 8.28. The van der Waals surface area contributed by atoms with Crippen molar-refractivity contribution in [2.75, 3.05) is 36.4 Å². The van der Waals surface area contributed by atoms with Gasteiger partial charge in [-0.15, -0.1) is 0 Å². The van der Waals surface area contributed by atoms with Gasteiger partial charge < -0.3 is 15.1 Å². The highest BCUT2D eigenvalue weighted by Crippen LogP contribution is 2.15. The monoisotopic (exact) mass is 389 g/mol. The zero-order valence-corrected chi connectivity index (χ0v) is 14.4. The van der Waals surface area contributed by atoms with Gasteiger partial charge in [0, 0.05) is 36.3 Å². The summed E-state index contributed by atoms with van der Waals surface area (Å²) in [6.45, 7) is 2.74. The molecule has 2 amide bonds. The van der Waals surface area contributed by atoms with Crippen molar-refractivity contribution in [3.05, 3.63) is 46.8 Å². The largest absolute Gasteiger partial charge is 0.352 e. The fourth-order valence-electron chi connectivity index (χ4n) is 2.39.